The molecular formula is C32H36N2O13. The monoisotopic (exact) mass is 656 g/mol. The first kappa shape index (κ1) is 37.6. The van der Waals surface area contributed by atoms with Gasteiger partial charge in [-0.3, -0.25) is 9.59 Å². The van der Waals surface area contributed by atoms with Crippen LogP contribution in [0.4, 0.5) is 9.59 Å². The molecule has 0 spiro atoms. The lowest BCUT2D eigenvalue weighted by atomic mass is 10.2. The number of nitrogens with one attached hydrogen (secondary N) is 2. The number of esters is 6. The molecule has 0 bridgehead atoms. The molecule has 47 heavy (non-hydrogen) atoms. The Kier molecular flexibility index (Phi) is 13.3. The van der Waals surface area contributed by atoms with Gasteiger partial charge in [-0.2, -0.15) is 0 Å². The molecular weight excluding hydrogens is 620 g/mol. The standard InChI is InChI=1S/C32H36N2O13/c1-31(2,3)46-29(41)33-21(17-23(35)43-25(37)19-13-9-7-10-14-19)27(39)45-28(40)22(34-30(42)47-32(4,5)6)18-24(36)44-26(38)20-15-11-8-12-16-20/h7-16,21-22H,17-18H2,1-6H3,(H,33,41)(H,34,42)/t21-,22-/m0/s1. The van der Waals surface area contributed by atoms with Crippen LogP contribution in [0, 0.1) is 0 Å². The largest absolute Gasteiger partial charge is 0.444 e. The Balaban J connectivity index is 2.24. The molecule has 0 unspecified atom stereocenters. The zero-order valence-electron chi connectivity index (χ0n) is 26.6. The fourth-order valence-corrected chi connectivity index (χ4v) is 3.42. The molecule has 0 fully saturated rings. The number of alkyl carbamates (subject to hydrolysis) is 2. The highest BCUT2D eigenvalue weighted by Crippen LogP contribution is 2.12. The summed E-state index contributed by atoms with van der Waals surface area (Å²) in [5.41, 5.74) is -2.05. The molecule has 0 aliphatic carbocycles. The first-order chi connectivity index (χ1) is 21.8. The second kappa shape index (κ2) is 16.6. The maximum atomic E-state index is 13.1. The topological polar surface area (TPSA) is 207 Å². The van der Waals surface area contributed by atoms with Crippen LogP contribution in [0.15, 0.2) is 60.7 Å². The van der Waals surface area contributed by atoms with Gasteiger partial charge < -0.3 is 34.3 Å². The van der Waals surface area contributed by atoms with E-state index in [1.54, 1.807) is 12.1 Å². The van der Waals surface area contributed by atoms with Gasteiger partial charge in [0.25, 0.3) is 0 Å². The summed E-state index contributed by atoms with van der Waals surface area (Å²) >= 11 is 0. The van der Waals surface area contributed by atoms with E-state index < -0.39 is 84.1 Å². The highest BCUT2D eigenvalue weighted by Gasteiger charge is 2.35. The molecule has 2 aromatic carbocycles. The molecule has 2 aromatic rings. The van der Waals surface area contributed by atoms with Crippen molar-refractivity contribution < 1.29 is 62.0 Å². The number of benzene rings is 2. The van der Waals surface area contributed by atoms with Gasteiger partial charge in [0.2, 0.25) is 0 Å². The predicted octanol–water partition coefficient (Wildman–Crippen LogP) is 3.39. The number of hydrogen-bond donors (Lipinski definition) is 2. The maximum Gasteiger partial charge on any atom is 0.408 e. The van der Waals surface area contributed by atoms with Crippen LogP contribution >= 0.6 is 0 Å². The minimum absolute atomic E-state index is 0.0175. The predicted molar refractivity (Wildman–Crippen MR) is 160 cm³/mol. The van der Waals surface area contributed by atoms with Gasteiger partial charge in [-0.1, -0.05) is 36.4 Å². The zero-order chi connectivity index (χ0) is 35.4. The van der Waals surface area contributed by atoms with Crippen molar-refractivity contribution in [3.05, 3.63) is 71.8 Å². The van der Waals surface area contributed by atoms with Crippen LogP contribution in [0.5, 0.6) is 0 Å². The average molecular weight is 657 g/mol. The minimum Gasteiger partial charge on any atom is -0.444 e. The summed E-state index contributed by atoms with van der Waals surface area (Å²) in [6.45, 7) is 9.11. The van der Waals surface area contributed by atoms with E-state index in [-0.39, 0.29) is 11.1 Å². The van der Waals surface area contributed by atoms with Crippen molar-refractivity contribution in [2.24, 2.45) is 0 Å². The Hall–Kier alpha value is -5.60. The SMILES string of the molecule is CC(C)(C)OC(=O)N[C@@H](CC(=O)OC(=O)c1ccccc1)C(=O)OC(=O)[C@H](CC(=O)OC(=O)c1ccccc1)NC(=O)OC(C)(C)C. The Bertz CT molecular complexity index is 1360. The summed E-state index contributed by atoms with van der Waals surface area (Å²) in [7, 11) is 0. The summed E-state index contributed by atoms with van der Waals surface area (Å²) in [5.74, 6) is -7.77. The minimum atomic E-state index is -1.95. The first-order valence-electron chi connectivity index (χ1n) is 14.2. The maximum absolute atomic E-state index is 13.1. The number of carbonyl (C=O) groups excluding carboxylic acids is 8. The van der Waals surface area contributed by atoms with Crippen molar-refractivity contribution in [1.82, 2.24) is 10.6 Å². The quantitative estimate of drug-likeness (QED) is 0.214. The van der Waals surface area contributed by atoms with Crippen LogP contribution in [0.1, 0.15) is 75.1 Å². The van der Waals surface area contributed by atoms with E-state index >= 15 is 0 Å². The lowest BCUT2D eigenvalue weighted by molar-refractivity contribution is -0.165. The van der Waals surface area contributed by atoms with Crippen molar-refractivity contribution in [1.29, 1.82) is 0 Å². The average Bonchev–Trinajstić information content (AvgIpc) is 2.95. The van der Waals surface area contributed by atoms with Crippen LogP contribution in [0.3, 0.4) is 0 Å². The molecule has 2 atom stereocenters. The Morgan fingerprint density at radius 3 is 1.15 bits per heavy atom. The third-order valence-corrected chi connectivity index (χ3v) is 5.33. The molecule has 0 heterocycles. The van der Waals surface area contributed by atoms with E-state index in [2.05, 4.69) is 10.6 Å². The van der Waals surface area contributed by atoms with Crippen LogP contribution in [-0.2, 0) is 42.9 Å². The van der Waals surface area contributed by atoms with Crippen LogP contribution in [-0.4, -0.2) is 71.3 Å². The van der Waals surface area contributed by atoms with Crippen molar-refractivity contribution in [3.8, 4) is 0 Å². The lowest BCUT2D eigenvalue weighted by Gasteiger charge is -2.24. The van der Waals surface area contributed by atoms with E-state index in [0.717, 1.165) is 0 Å². The number of ether oxygens (including phenoxy) is 5. The molecule has 0 saturated carbocycles. The normalized spacial score (nSPS) is 12.3. The Labute approximate surface area is 270 Å². The van der Waals surface area contributed by atoms with Crippen molar-refractivity contribution >= 4 is 48.0 Å². The van der Waals surface area contributed by atoms with Gasteiger partial charge in [0, 0.05) is 0 Å². The van der Waals surface area contributed by atoms with Gasteiger partial charge in [0.1, 0.15) is 23.3 Å². The van der Waals surface area contributed by atoms with Crippen molar-refractivity contribution in [2.75, 3.05) is 0 Å². The van der Waals surface area contributed by atoms with E-state index in [9.17, 15) is 38.4 Å². The summed E-state index contributed by atoms with van der Waals surface area (Å²) < 4.78 is 24.5. The molecule has 2 rings (SSSR count). The van der Waals surface area contributed by atoms with Gasteiger partial charge in [0.05, 0.1) is 24.0 Å². The van der Waals surface area contributed by atoms with Gasteiger partial charge in [0.15, 0.2) is 0 Å². The van der Waals surface area contributed by atoms with Gasteiger partial charge >= 0.3 is 48.0 Å². The number of carbonyl (C=O) groups is 8. The summed E-state index contributed by atoms with van der Waals surface area (Å²) in [4.78, 5) is 101. The number of amides is 2. The highest BCUT2D eigenvalue weighted by atomic mass is 16.6. The van der Waals surface area contributed by atoms with Gasteiger partial charge in [-0.25, -0.2) is 28.8 Å². The lowest BCUT2D eigenvalue weighted by Crippen LogP contribution is -2.49. The molecule has 2 amide bonds. The molecule has 0 saturated heterocycles. The third-order valence-electron chi connectivity index (χ3n) is 5.33. The Morgan fingerprint density at radius 1 is 0.532 bits per heavy atom. The third kappa shape index (κ3) is 14.4. The van der Waals surface area contributed by atoms with Gasteiger partial charge in [-0.05, 0) is 65.8 Å². The molecule has 2 N–H and O–H groups in total. The number of rotatable bonds is 10. The molecule has 252 valence electrons. The molecule has 0 aliphatic rings. The summed E-state index contributed by atoms with van der Waals surface area (Å²) in [6, 6.07) is 10.9. The molecule has 0 radical (unpaired) electrons. The highest BCUT2D eigenvalue weighted by molar-refractivity contribution is 6.01. The van der Waals surface area contributed by atoms with Crippen molar-refractivity contribution in [3.63, 3.8) is 0 Å². The summed E-state index contributed by atoms with van der Waals surface area (Å²) in [6.07, 6.45) is -4.38. The van der Waals surface area contributed by atoms with Crippen LogP contribution in [0.25, 0.3) is 0 Å². The van der Waals surface area contributed by atoms with E-state index in [1.807, 2.05) is 0 Å². The fraction of sp³-hybridized carbons (Fsp3) is 0.375. The molecule has 0 aromatic heterocycles. The van der Waals surface area contributed by atoms with Crippen LogP contribution < -0.4 is 10.6 Å². The van der Waals surface area contributed by atoms with E-state index in [0.29, 0.717) is 0 Å². The van der Waals surface area contributed by atoms with Crippen molar-refractivity contribution in [2.45, 2.75) is 77.7 Å². The van der Waals surface area contributed by atoms with E-state index in [1.165, 1.54) is 90.1 Å². The Morgan fingerprint density at radius 2 is 0.851 bits per heavy atom. The summed E-state index contributed by atoms with van der Waals surface area (Å²) in [5, 5.41) is 4.14. The van der Waals surface area contributed by atoms with E-state index in [4.69, 9.17) is 23.7 Å². The smallest absolute Gasteiger partial charge is 0.408 e. The molecule has 15 nitrogen and oxygen atoms in total. The molecule has 0 aliphatic heterocycles. The molecule has 15 heteroatoms. The number of hydrogen-bond acceptors (Lipinski definition) is 13. The second-order valence-corrected chi connectivity index (χ2v) is 11.8. The zero-order valence-corrected chi connectivity index (χ0v) is 26.6. The fourth-order valence-electron chi connectivity index (χ4n) is 3.42. The van der Waals surface area contributed by atoms with Crippen LogP contribution in [0.2, 0.25) is 0 Å². The second-order valence-electron chi connectivity index (χ2n) is 11.8. The van der Waals surface area contributed by atoms with Gasteiger partial charge in [-0.15, -0.1) is 0 Å². The first-order valence-corrected chi connectivity index (χ1v) is 14.2.